The van der Waals surface area contributed by atoms with Gasteiger partial charge in [-0.1, -0.05) is 23.3 Å². The van der Waals surface area contributed by atoms with E-state index in [0.717, 1.165) is 24.8 Å². The largest absolute Gasteiger partial charge is 0.481 e. The summed E-state index contributed by atoms with van der Waals surface area (Å²) in [6.07, 6.45) is 6.12. The minimum atomic E-state index is -0.858. The second kappa shape index (κ2) is 7.82. The van der Waals surface area contributed by atoms with Crippen molar-refractivity contribution in [3.63, 3.8) is 0 Å². The molecular formula is C24H26N2O3. The van der Waals surface area contributed by atoms with Crippen LogP contribution in [0, 0.1) is 23.7 Å². The fourth-order valence-corrected chi connectivity index (χ4v) is 5.27. The van der Waals surface area contributed by atoms with Crippen molar-refractivity contribution in [1.82, 2.24) is 4.98 Å². The number of nitrogens with zero attached hydrogens (tertiary/aromatic N) is 1. The molecule has 0 saturated heterocycles. The van der Waals surface area contributed by atoms with Crippen LogP contribution in [-0.2, 0) is 16.0 Å². The van der Waals surface area contributed by atoms with Crippen molar-refractivity contribution in [3.05, 3.63) is 71.1 Å². The lowest BCUT2D eigenvalue weighted by Gasteiger charge is -2.26. The first-order valence-electron chi connectivity index (χ1n) is 10.1. The summed E-state index contributed by atoms with van der Waals surface area (Å²) >= 11 is 0. The van der Waals surface area contributed by atoms with Crippen LogP contribution in [-0.4, -0.2) is 22.0 Å². The van der Waals surface area contributed by atoms with Gasteiger partial charge in [-0.15, -0.1) is 0 Å². The maximum atomic E-state index is 13.1. The summed E-state index contributed by atoms with van der Waals surface area (Å²) in [7, 11) is 0. The molecule has 0 radical (unpaired) electrons. The number of carbonyl (C=O) groups excluding carboxylic acids is 1. The van der Waals surface area contributed by atoms with E-state index in [9.17, 15) is 14.7 Å². The van der Waals surface area contributed by atoms with Gasteiger partial charge in [0.2, 0.25) is 5.91 Å². The predicted molar refractivity (Wildman–Crippen MR) is 111 cm³/mol. The molecule has 2 aromatic rings. The fourth-order valence-electron chi connectivity index (χ4n) is 5.27. The molecule has 2 bridgehead atoms. The number of hydrogen-bond donors (Lipinski definition) is 2. The first kappa shape index (κ1) is 19.4. The third kappa shape index (κ3) is 3.69. The van der Waals surface area contributed by atoms with E-state index >= 15 is 0 Å². The number of allylic oxidation sites excluding steroid dienone is 2. The first-order chi connectivity index (χ1) is 14.0. The normalized spacial score (nSPS) is 25.1. The predicted octanol–water partition coefficient (Wildman–Crippen LogP) is 4.30. The van der Waals surface area contributed by atoms with Gasteiger partial charge in [-0.05, 0) is 80.3 Å². The third-order valence-corrected chi connectivity index (χ3v) is 6.39. The summed E-state index contributed by atoms with van der Waals surface area (Å²) in [5, 5.41) is 12.8. The van der Waals surface area contributed by atoms with Gasteiger partial charge in [-0.3, -0.25) is 14.6 Å². The van der Waals surface area contributed by atoms with Crippen LogP contribution in [0.25, 0.3) is 0 Å². The standard InChI is InChI=1S/C24H26N2O3/c1-14(2)20-18-7-8-19(20)22(24(28)29)21(18)23(27)26-17-5-3-15(4-6-17)13-16-9-11-25-12-10-16/h3-6,9-12,18-19,21-22H,7-8,13H2,1-2H3,(H,26,27)(H,28,29)/t18-,19-,21-,22-/m1/s1. The van der Waals surface area contributed by atoms with Gasteiger partial charge in [0.15, 0.2) is 0 Å². The summed E-state index contributed by atoms with van der Waals surface area (Å²) in [5.41, 5.74) is 5.39. The molecule has 1 amide bonds. The topological polar surface area (TPSA) is 79.3 Å². The molecule has 2 saturated carbocycles. The lowest BCUT2D eigenvalue weighted by molar-refractivity contribution is -0.148. The van der Waals surface area contributed by atoms with Crippen LogP contribution in [0.15, 0.2) is 59.9 Å². The Morgan fingerprint density at radius 2 is 1.55 bits per heavy atom. The molecule has 29 heavy (non-hydrogen) atoms. The molecule has 0 unspecified atom stereocenters. The van der Waals surface area contributed by atoms with Crippen molar-refractivity contribution in [1.29, 1.82) is 0 Å². The molecule has 2 N–H and O–H groups in total. The summed E-state index contributed by atoms with van der Waals surface area (Å²) in [6.45, 7) is 4.06. The number of aromatic nitrogens is 1. The third-order valence-electron chi connectivity index (χ3n) is 6.39. The Kier molecular flexibility index (Phi) is 5.22. The van der Waals surface area contributed by atoms with E-state index in [0.29, 0.717) is 5.69 Å². The van der Waals surface area contributed by atoms with E-state index in [1.807, 2.05) is 50.2 Å². The quantitative estimate of drug-likeness (QED) is 0.746. The van der Waals surface area contributed by atoms with Crippen LogP contribution in [0.2, 0.25) is 0 Å². The average Bonchev–Trinajstić information content (AvgIpc) is 3.27. The van der Waals surface area contributed by atoms with Crippen LogP contribution >= 0.6 is 0 Å². The van der Waals surface area contributed by atoms with E-state index < -0.39 is 17.8 Å². The summed E-state index contributed by atoms with van der Waals surface area (Å²) < 4.78 is 0. The van der Waals surface area contributed by atoms with Crippen LogP contribution in [0.4, 0.5) is 5.69 Å². The molecule has 0 spiro atoms. The van der Waals surface area contributed by atoms with Gasteiger partial charge in [0, 0.05) is 18.1 Å². The van der Waals surface area contributed by atoms with E-state index in [1.54, 1.807) is 12.4 Å². The Balaban J connectivity index is 1.49. The SMILES string of the molecule is CC(C)=C1[C@H]2CC[C@H]1[C@@H](C(=O)Nc1ccc(Cc3ccncc3)cc1)[C@@H]2C(=O)O. The molecule has 4 rings (SSSR count). The molecular weight excluding hydrogens is 364 g/mol. The van der Waals surface area contributed by atoms with Gasteiger partial charge in [0.1, 0.15) is 0 Å². The number of benzene rings is 1. The Morgan fingerprint density at radius 1 is 0.966 bits per heavy atom. The van der Waals surface area contributed by atoms with Crippen molar-refractivity contribution in [2.24, 2.45) is 23.7 Å². The highest BCUT2D eigenvalue weighted by Crippen LogP contribution is 2.57. The second-order valence-corrected chi connectivity index (χ2v) is 8.35. The molecule has 2 aliphatic carbocycles. The van der Waals surface area contributed by atoms with E-state index in [2.05, 4.69) is 10.3 Å². The highest BCUT2D eigenvalue weighted by atomic mass is 16.4. The maximum Gasteiger partial charge on any atom is 0.307 e. The van der Waals surface area contributed by atoms with Crippen molar-refractivity contribution in [2.75, 3.05) is 5.32 Å². The monoisotopic (exact) mass is 390 g/mol. The van der Waals surface area contributed by atoms with Gasteiger partial charge in [0.05, 0.1) is 11.8 Å². The minimum Gasteiger partial charge on any atom is -0.481 e. The number of amides is 1. The van der Waals surface area contributed by atoms with Crippen molar-refractivity contribution in [3.8, 4) is 0 Å². The Bertz CT molecular complexity index is 946. The number of anilines is 1. The Morgan fingerprint density at radius 3 is 2.14 bits per heavy atom. The molecule has 2 fully saturated rings. The van der Waals surface area contributed by atoms with E-state index in [-0.39, 0.29) is 17.7 Å². The molecule has 1 aromatic carbocycles. The van der Waals surface area contributed by atoms with E-state index in [1.165, 1.54) is 16.7 Å². The van der Waals surface area contributed by atoms with Crippen LogP contribution in [0.3, 0.4) is 0 Å². The molecule has 150 valence electrons. The number of carboxylic acid groups (broad SMARTS) is 1. The van der Waals surface area contributed by atoms with Gasteiger partial charge >= 0.3 is 5.97 Å². The van der Waals surface area contributed by atoms with Crippen molar-refractivity contribution >= 4 is 17.6 Å². The molecule has 1 aromatic heterocycles. The number of nitrogens with one attached hydrogen (secondary N) is 1. The summed E-state index contributed by atoms with van der Waals surface area (Å²) in [6, 6.07) is 11.7. The lowest BCUT2D eigenvalue weighted by atomic mass is 9.78. The minimum absolute atomic E-state index is 0.000915. The smallest absolute Gasteiger partial charge is 0.307 e. The molecule has 5 nitrogen and oxygen atoms in total. The summed E-state index contributed by atoms with van der Waals surface area (Å²) in [4.78, 5) is 29.0. The van der Waals surface area contributed by atoms with E-state index in [4.69, 9.17) is 0 Å². The molecule has 5 heteroatoms. The number of fused-ring (bicyclic) bond motifs is 2. The van der Waals surface area contributed by atoms with Crippen LogP contribution in [0.5, 0.6) is 0 Å². The molecule has 1 heterocycles. The zero-order chi connectivity index (χ0) is 20.5. The molecule has 2 aliphatic rings. The first-order valence-corrected chi connectivity index (χ1v) is 10.1. The van der Waals surface area contributed by atoms with Crippen LogP contribution in [0.1, 0.15) is 37.8 Å². The lowest BCUT2D eigenvalue weighted by Crippen LogP contribution is -2.37. The highest BCUT2D eigenvalue weighted by Gasteiger charge is 2.57. The fraction of sp³-hybridized carbons (Fsp3) is 0.375. The van der Waals surface area contributed by atoms with Gasteiger partial charge < -0.3 is 10.4 Å². The van der Waals surface area contributed by atoms with Crippen molar-refractivity contribution < 1.29 is 14.7 Å². The maximum absolute atomic E-state index is 13.1. The number of rotatable bonds is 5. The molecule has 4 atom stereocenters. The second-order valence-electron chi connectivity index (χ2n) is 8.35. The number of pyridine rings is 1. The zero-order valence-electron chi connectivity index (χ0n) is 16.8. The Hall–Kier alpha value is -2.95. The van der Waals surface area contributed by atoms with Gasteiger partial charge in [-0.2, -0.15) is 0 Å². The zero-order valence-corrected chi connectivity index (χ0v) is 16.8. The Labute approximate surface area is 170 Å². The number of hydrogen-bond acceptors (Lipinski definition) is 3. The number of aliphatic carboxylic acids is 1. The highest BCUT2D eigenvalue weighted by molar-refractivity contribution is 5.96. The number of carboxylic acids is 1. The summed E-state index contributed by atoms with van der Waals surface area (Å²) in [5.74, 6) is -2.09. The van der Waals surface area contributed by atoms with Gasteiger partial charge in [0.25, 0.3) is 0 Å². The average molecular weight is 390 g/mol. The number of carbonyl (C=O) groups is 2. The molecule has 0 aliphatic heterocycles. The van der Waals surface area contributed by atoms with Crippen LogP contribution < -0.4 is 5.32 Å². The van der Waals surface area contributed by atoms with Gasteiger partial charge in [-0.25, -0.2) is 0 Å². The van der Waals surface area contributed by atoms with Crippen molar-refractivity contribution in [2.45, 2.75) is 33.1 Å².